The van der Waals surface area contributed by atoms with E-state index in [9.17, 15) is 20.0 Å². The van der Waals surface area contributed by atoms with E-state index in [0.717, 1.165) is 17.0 Å². The first-order chi connectivity index (χ1) is 18.8. The number of amides is 1. The Hall–Kier alpha value is -5.25. The number of aromatic nitrogens is 3. The topological polar surface area (TPSA) is 138 Å². The zero-order chi connectivity index (χ0) is 27.5. The van der Waals surface area contributed by atoms with Gasteiger partial charge < -0.3 is 20.0 Å². The van der Waals surface area contributed by atoms with E-state index in [1.807, 2.05) is 66.3 Å². The number of hydrogen-bond donors (Lipinski definition) is 3. The van der Waals surface area contributed by atoms with Gasteiger partial charge in [0.1, 0.15) is 5.82 Å². The molecule has 0 aliphatic carbocycles. The highest BCUT2D eigenvalue weighted by Crippen LogP contribution is 2.34. The van der Waals surface area contributed by atoms with Crippen LogP contribution in [-0.4, -0.2) is 42.7 Å². The second-order valence-electron chi connectivity index (χ2n) is 9.13. The van der Waals surface area contributed by atoms with Gasteiger partial charge in [-0.2, -0.15) is 0 Å². The van der Waals surface area contributed by atoms with E-state index >= 15 is 0 Å². The Bertz CT molecular complexity index is 1700. The molecule has 196 valence electrons. The molecule has 3 N–H and O–H groups in total. The molecule has 0 unspecified atom stereocenters. The van der Waals surface area contributed by atoms with Crippen molar-refractivity contribution in [1.29, 1.82) is 0 Å². The van der Waals surface area contributed by atoms with Gasteiger partial charge in [-0.1, -0.05) is 24.3 Å². The molecule has 5 rings (SSSR count). The largest absolute Gasteiger partial charge is 0.494 e. The molecule has 39 heavy (non-hydrogen) atoms. The molecule has 0 saturated carbocycles. The third-order valence-corrected chi connectivity index (χ3v) is 6.41. The van der Waals surface area contributed by atoms with Gasteiger partial charge in [0.2, 0.25) is 5.91 Å². The van der Waals surface area contributed by atoms with Crippen molar-refractivity contribution in [3.05, 3.63) is 106 Å². The Morgan fingerprint density at radius 1 is 1.13 bits per heavy atom. The Morgan fingerprint density at radius 2 is 1.87 bits per heavy atom. The van der Waals surface area contributed by atoms with Crippen LogP contribution >= 0.6 is 0 Å². The van der Waals surface area contributed by atoms with Crippen LogP contribution in [0.5, 0.6) is 5.88 Å². The van der Waals surface area contributed by atoms with Crippen molar-refractivity contribution in [3.8, 4) is 17.3 Å². The number of nitrogens with one attached hydrogen (secondary N) is 2. The third-order valence-electron chi connectivity index (χ3n) is 6.41. The summed E-state index contributed by atoms with van der Waals surface area (Å²) in [5, 5.41) is 25.7. The number of carbonyl (C=O) groups excluding carboxylic acids is 1. The minimum absolute atomic E-state index is 0.0844. The van der Waals surface area contributed by atoms with Crippen molar-refractivity contribution in [2.75, 3.05) is 6.54 Å². The van der Waals surface area contributed by atoms with Crippen molar-refractivity contribution in [3.63, 3.8) is 0 Å². The summed E-state index contributed by atoms with van der Waals surface area (Å²) >= 11 is 0. The molecule has 0 aliphatic heterocycles. The number of aromatic hydroxyl groups is 1. The number of fused-ring (bicyclic) bond motifs is 1. The normalized spacial score (nSPS) is 11.6. The highest BCUT2D eigenvalue weighted by atomic mass is 16.6. The molecule has 2 aromatic heterocycles. The van der Waals surface area contributed by atoms with Crippen molar-refractivity contribution in [2.45, 2.75) is 13.3 Å². The van der Waals surface area contributed by atoms with Crippen molar-refractivity contribution < 1.29 is 14.8 Å². The average molecular weight is 523 g/mol. The SMILES string of the molecule is CC(=O)NCCc1ccc(C(=Nc2ccc(-c3nccn3C)cc2)c2c(O)[nH]c3ccc([N+](=O)[O-])cc23)cc1. The third kappa shape index (κ3) is 5.40. The molecule has 10 heteroatoms. The summed E-state index contributed by atoms with van der Waals surface area (Å²) in [5.74, 6) is 0.602. The van der Waals surface area contributed by atoms with E-state index in [1.165, 1.54) is 19.1 Å². The van der Waals surface area contributed by atoms with Crippen LogP contribution in [0, 0.1) is 10.1 Å². The fraction of sp³-hybridized carbons (Fsp3) is 0.138. The smallest absolute Gasteiger partial charge is 0.270 e. The number of imidazole rings is 1. The molecule has 0 aliphatic rings. The first-order valence-corrected chi connectivity index (χ1v) is 12.3. The number of non-ortho nitro benzene ring substituents is 1. The van der Waals surface area contributed by atoms with Crippen molar-refractivity contribution in [1.82, 2.24) is 19.9 Å². The lowest BCUT2D eigenvalue weighted by Crippen LogP contribution is -2.22. The first kappa shape index (κ1) is 25.4. The number of aliphatic imine (C=N–C) groups is 1. The maximum Gasteiger partial charge on any atom is 0.270 e. The maximum absolute atomic E-state index is 11.5. The standard InChI is InChI=1S/C29H26N6O4/c1-18(36)30-14-13-19-3-5-20(6-4-19)27(26-24-17-23(35(38)39)11-12-25(24)33-29(26)37)32-22-9-7-21(8-10-22)28-31-15-16-34(28)2/h3-12,15-17,33,37H,13-14H2,1-2H3,(H,30,36). The Balaban J connectivity index is 1.60. The summed E-state index contributed by atoms with van der Waals surface area (Å²) in [4.78, 5) is 34.4. The number of hydrogen-bond acceptors (Lipinski definition) is 6. The highest BCUT2D eigenvalue weighted by molar-refractivity contribution is 6.22. The fourth-order valence-corrected chi connectivity index (χ4v) is 4.45. The van der Waals surface area contributed by atoms with Crippen LogP contribution in [-0.2, 0) is 18.3 Å². The van der Waals surface area contributed by atoms with Gasteiger partial charge in [-0.3, -0.25) is 14.9 Å². The number of aromatic amines is 1. The predicted molar refractivity (Wildman–Crippen MR) is 149 cm³/mol. The molecule has 3 aromatic carbocycles. The number of nitro benzene ring substituents is 1. The Morgan fingerprint density at radius 3 is 2.51 bits per heavy atom. The van der Waals surface area contributed by atoms with Crippen LogP contribution in [0.3, 0.4) is 0 Å². The van der Waals surface area contributed by atoms with Gasteiger partial charge in [0, 0.05) is 67.1 Å². The Labute approximate surface area is 223 Å². The average Bonchev–Trinajstić information content (AvgIpc) is 3.49. The molecule has 0 saturated heterocycles. The lowest BCUT2D eigenvalue weighted by atomic mass is 9.98. The molecule has 0 radical (unpaired) electrons. The molecule has 1 amide bonds. The molecule has 2 heterocycles. The number of rotatable bonds is 8. The van der Waals surface area contributed by atoms with Crippen LogP contribution in [0.1, 0.15) is 23.6 Å². The van der Waals surface area contributed by atoms with Crippen LogP contribution in [0.25, 0.3) is 22.3 Å². The summed E-state index contributed by atoms with van der Waals surface area (Å²) in [6.07, 6.45) is 4.27. The number of carbonyl (C=O) groups is 1. The second-order valence-corrected chi connectivity index (χ2v) is 9.13. The number of benzene rings is 3. The van der Waals surface area contributed by atoms with Crippen LogP contribution in [0.2, 0.25) is 0 Å². The minimum Gasteiger partial charge on any atom is -0.494 e. The van der Waals surface area contributed by atoms with E-state index in [4.69, 9.17) is 4.99 Å². The molecular weight excluding hydrogens is 496 g/mol. The van der Waals surface area contributed by atoms with Gasteiger partial charge >= 0.3 is 0 Å². The molecule has 0 atom stereocenters. The molecule has 0 fully saturated rings. The monoisotopic (exact) mass is 522 g/mol. The molecular formula is C29H26N6O4. The number of nitro groups is 1. The predicted octanol–water partition coefficient (Wildman–Crippen LogP) is 5.03. The summed E-state index contributed by atoms with van der Waals surface area (Å²) in [7, 11) is 1.92. The van der Waals surface area contributed by atoms with Crippen LogP contribution in [0.4, 0.5) is 11.4 Å². The van der Waals surface area contributed by atoms with Crippen molar-refractivity contribution >= 4 is 33.9 Å². The number of aryl methyl sites for hydroxylation is 1. The number of nitrogens with zero attached hydrogens (tertiary/aromatic N) is 4. The zero-order valence-electron chi connectivity index (χ0n) is 21.4. The fourth-order valence-electron chi connectivity index (χ4n) is 4.45. The first-order valence-electron chi connectivity index (χ1n) is 12.3. The van der Waals surface area contributed by atoms with Gasteiger partial charge in [0.05, 0.1) is 21.9 Å². The van der Waals surface area contributed by atoms with Gasteiger partial charge in [-0.05, 0) is 42.3 Å². The van der Waals surface area contributed by atoms with E-state index in [-0.39, 0.29) is 17.5 Å². The van der Waals surface area contributed by atoms with Gasteiger partial charge in [0.25, 0.3) is 5.69 Å². The summed E-state index contributed by atoms with van der Waals surface area (Å²) in [6.45, 7) is 2.00. The number of H-pyrrole nitrogens is 1. The van der Waals surface area contributed by atoms with Gasteiger partial charge in [-0.15, -0.1) is 0 Å². The van der Waals surface area contributed by atoms with E-state index in [1.54, 1.807) is 12.3 Å². The minimum atomic E-state index is -0.468. The van der Waals surface area contributed by atoms with Crippen LogP contribution in [0.15, 0.2) is 84.1 Å². The molecule has 10 nitrogen and oxygen atoms in total. The van der Waals surface area contributed by atoms with E-state index < -0.39 is 4.92 Å². The Kier molecular flexibility index (Phi) is 6.92. The lowest BCUT2D eigenvalue weighted by Gasteiger charge is -2.10. The summed E-state index contributed by atoms with van der Waals surface area (Å²) < 4.78 is 1.92. The van der Waals surface area contributed by atoms with E-state index in [2.05, 4.69) is 15.3 Å². The zero-order valence-corrected chi connectivity index (χ0v) is 21.4. The van der Waals surface area contributed by atoms with Crippen molar-refractivity contribution in [2.24, 2.45) is 12.0 Å². The summed E-state index contributed by atoms with van der Waals surface area (Å²) in [6, 6.07) is 19.6. The summed E-state index contributed by atoms with van der Waals surface area (Å²) in [5.41, 5.74) is 4.59. The van der Waals surface area contributed by atoms with E-state index in [0.29, 0.717) is 46.4 Å². The molecule has 0 bridgehead atoms. The highest BCUT2D eigenvalue weighted by Gasteiger charge is 2.21. The quantitative estimate of drug-likeness (QED) is 0.149. The molecule has 0 spiro atoms. The van der Waals surface area contributed by atoms with Gasteiger partial charge in [-0.25, -0.2) is 9.98 Å². The second kappa shape index (κ2) is 10.6. The lowest BCUT2D eigenvalue weighted by molar-refractivity contribution is -0.384. The van der Waals surface area contributed by atoms with Gasteiger partial charge in [0.15, 0.2) is 5.88 Å². The maximum atomic E-state index is 11.5. The van der Waals surface area contributed by atoms with Crippen LogP contribution < -0.4 is 5.32 Å². The molecule has 5 aromatic rings.